The van der Waals surface area contributed by atoms with Gasteiger partial charge in [-0.1, -0.05) is 30.3 Å². The molecule has 0 unspecified atom stereocenters. The summed E-state index contributed by atoms with van der Waals surface area (Å²) in [6.45, 7) is 4.22. The zero-order valence-electron chi connectivity index (χ0n) is 19.2. The first kappa shape index (κ1) is 25.3. The van der Waals surface area contributed by atoms with Gasteiger partial charge in [0.2, 0.25) is 5.91 Å². The number of amides is 3. The summed E-state index contributed by atoms with van der Waals surface area (Å²) < 4.78 is 17.7. The first-order chi connectivity index (χ1) is 17.0. The number of morpholine rings is 1. The van der Waals surface area contributed by atoms with E-state index in [-0.39, 0.29) is 17.4 Å². The highest BCUT2D eigenvalue weighted by molar-refractivity contribution is 9.10. The number of benzene rings is 2. The highest BCUT2D eigenvalue weighted by Gasteiger charge is 2.37. The quantitative estimate of drug-likeness (QED) is 0.444. The molecule has 184 valence electrons. The minimum Gasteiger partial charge on any atom is -0.490 e. The van der Waals surface area contributed by atoms with Crippen molar-refractivity contribution in [2.24, 2.45) is 0 Å². The molecule has 0 spiro atoms. The van der Waals surface area contributed by atoms with Crippen molar-refractivity contribution in [2.75, 3.05) is 39.5 Å². The van der Waals surface area contributed by atoms with E-state index in [0.717, 1.165) is 22.2 Å². The van der Waals surface area contributed by atoms with Gasteiger partial charge in [-0.05, 0) is 64.0 Å². The van der Waals surface area contributed by atoms with Gasteiger partial charge in [-0.25, -0.2) is 0 Å². The second kappa shape index (κ2) is 11.7. The maximum Gasteiger partial charge on any atom is 0.294 e. The molecule has 0 N–H and O–H groups in total. The van der Waals surface area contributed by atoms with Crippen LogP contribution in [0.2, 0.25) is 0 Å². The summed E-state index contributed by atoms with van der Waals surface area (Å²) in [6.07, 6.45) is 1.62. The number of hydrogen-bond donors (Lipinski definition) is 0. The topological polar surface area (TPSA) is 85.4 Å². The zero-order chi connectivity index (χ0) is 24.8. The SMILES string of the molecule is CCOc1cc(/C=C2/SC(=O)N(CC(=O)N3CCOCC3)C2=O)cc(Br)c1OCc1ccccc1. The number of halogens is 1. The van der Waals surface area contributed by atoms with Crippen LogP contribution in [0.3, 0.4) is 0 Å². The van der Waals surface area contributed by atoms with E-state index in [0.29, 0.717) is 61.1 Å². The Balaban J connectivity index is 1.50. The molecule has 0 aliphatic carbocycles. The molecule has 0 atom stereocenters. The van der Waals surface area contributed by atoms with Crippen LogP contribution in [0.4, 0.5) is 4.79 Å². The third-order valence-electron chi connectivity index (χ3n) is 5.39. The molecule has 35 heavy (non-hydrogen) atoms. The summed E-state index contributed by atoms with van der Waals surface area (Å²) in [7, 11) is 0. The number of hydrogen-bond acceptors (Lipinski definition) is 7. The third kappa shape index (κ3) is 6.25. The number of imide groups is 1. The second-order valence-corrected chi connectivity index (χ2v) is 9.65. The molecule has 0 bridgehead atoms. The molecule has 2 aliphatic rings. The van der Waals surface area contributed by atoms with Gasteiger partial charge < -0.3 is 19.1 Å². The fraction of sp³-hybridized carbons (Fsp3) is 0.320. The van der Waals surface area contributed by atoms with E-state index in [1.807, 2.05) is 37.3 Å². The van der Waals surface area contributed by atoms with Crippen LogP contribution in [0, 0.1) is 0 Å². The van der Waals surface area contributed by atoms with Crippen LogP contribution in [0.1, 0.15) is 18.1 Å². The predicted molar refractivity (Wildman–Crippen MR) is 136 cm³/mol. The smallest absolute Gasteiger partial charge is 0.294 e. The van der Waals surface area contributed by atoms with Gasteiger partial charge in [0, 0.05) is 13.1 Å². The van der Waals surface area contributed by atoms with Gasteiger partial charge in [0.25, 0.3) is 11.1 Å². The third-order valence-corrected chi connectivity index (χ3v) is 6.88. The van der Waals surface area contributed by atoms with Crippen molar-refractivity contribution < 1.29 is 28.6 Å². The molecule has 0 radical (unpaired) electrons. The van der Waals surface area contributed by atoms with Gasteiger partial charge in [-0.3, -0.25) is 19.3 Å². The molecule has 0 aromatic heterocycles. The standard InChI is InChI=1S/C25H25BrN2O6S/c1-2-33-20-13-18(12-19(26)23(20)34-16-17-6-4-3-5-7-17)14-21-24(30)28(25(31)35-21)15-22(29)27-8-10-32-11-9-27/h3-7,12-14H,2,8-11,15-16H2,1H3/b21-14+. The van der Waals surface area contributed by atoms with Crippen molar-refractivity contribution in [3.8, 4) is 11.5 Å². The Bertz CT molecular complexity index is 1130. The van der Waals surface area contributed by atoms with Crippen LogP contribution >= 0.6 is 27.7 Å². The van der Waals surface area contributed by atoms with Gasteiger partial charge in [0.1, 0.15) is 13.2 Å². The van der Waals surface area contributed by atoms with E-state index in [4.69, 9.17) is 14.2 Å². The van der Waals surface area contributed by atoms with Crippen molar-refractivity contribution in [1.82, 2.24) is 9.80 Å². The molecule has 2 aliphatic heterocycles. The molecular weight excluding hydrogens is 536 g/mol. The maximum atomic E-state index is 12.9. The average Bonchev–Trinajstić information content (AvgIpc) is 3.12. The Hall–Kier alpha value is -2.82. The summed E-state index contributed by atoms with van der Waals surface area (Å²) in [5, 5.41) is -0.463. The van der Waals surface area contributed by atoms with Crippen LogP contribution in [0.25, 0.3) is 6.08 Å². The van der Waals surface area contributed by atoms with Crippen molar-refractivity contribution >= 4 is 50.8 Å². The minimum absolute atomic E-state index is 0.247. The van der Waals surface area contributed by atoms with Crippen LogP contribution < -0.4 is 9.47 Å². The Labute approximate surface area is 216 Å². The van der Waals surface area contributed by atoms with Gasteiger partial charge in [-0.15, -0.1) is 0 Å². The van der Waals surface area contributed by atoms with Gasteiger partial charge in [0.05, 0.1) is 29.2 Å². The number of carbonyl (C=O) groups is 3. The van der Waals surface area contributed by atoms with Crippen molar-refractivity contribution in [2.45, 2.75) is 13.5 Å². The van der Waals surface area contributed by atoms with Crippen molar-refractivity contribution in [3.63, 3.8) is 0 Å². The lowest BCUT2D eigenvalue weighted by atomic mass is 10.1. The lowest BCUT2D eigenvalue weighted by molar-refractivity contribution is -0.139. The molecule has 2 heterocycles. The molecule has 2 fully saturated rings. The van der Waals surface area contributed by atoms with Crippen LogP contribution in [-0.2, 0) is 20.9 Å². The van der Waals surface area contributed by atoms with Crippen LogP contribution in [-0.4, -0.2) is 66.3 Å². The molecule has 4 rings (SSSR count). The summed E-state index contributed by atoms with van der Waals surface area (Å²) in [5.74, 6) is 0.320. The summed E-state index contributed by atoms with van der Waals surface area (Å²) in [4.78, 5) is 40.8. The lowest BCUT2D eigenvalue weighted by Gasteiger charge is -2.28. The van der Waals surface area contributed by atoms with E-state index in [2.05, 4.69) is 15.9 Å². The lowest BCUT2D eigenvalue weighted by Crippen LogP contribution is -2.46. The van der Waals surface area contributed by atoms with Gasteiger partial charge in [0.15, 0.2) is 11.5 Å². The molecule has 2 aromatic rings. The van der Waals surface area contributed by atoms with Gasteiger partial charge in [-0.2, -0.15) is 0 Å². The highest BCUT2D eigenvalue weighted by atomic mass is 79.9. The van der Waals surface area contributed by atoms with E-state index in [1.54, 1.807) is 23.1 Å². The summed E-state index contributed by atoms with van der Waals surface area (Å²) in [5.41, 5.74) is 1.68. The van der Waals surface area contributed by atoms with E-state index in [9.17, 15) is 14.4 Å². The number of nitrogens with zero attached hydrogens (tertiary/aromatic N) is 2. The normalized spacial score (nSPS) is 17.3. The number of thioether (sulfide) groups is 1. The second-order valence-electron chi connectivity index (χ2n) is 7.80. The first-order valence-corrected chi connectivity index (χ1v) is 12.8. The first-order valence-electron chi connectivity index (χ1n) is 11.2. The largest absolute Gasteiger partial charge is 0.490 e. The predicted octanol–water partition coefficient (Wildman–Crippen LogP) is 4.32. The van der Waals surface area contributed by atoms with E-state index in [1.165, 1.54) is 0 Å². The molecule has 2 saturated heterocycles. The average molecular weight is 561 g/mol. The maximum absolute atomic E-state index is 12.9. The Morgan fingerprint density at radius 2 is 1.89 bits per heavy atom. The molecule has 2 aromatic carbocycles. The summed E-state index contributed by atoms with van der Waals surface area (Å²) >= 11 is 4.36. The highest BCUT2D eigenvalue weighted by Crippen LogP contribution is 2.39. The Kier molecular flexibility index (Phi) is 8.48. The molecule has 0 saturated carbocycles. The fourth-order valence-electron chi connectivity index (χ4n) is 3.64. The molecular formula is C25H25BrN2O6S. The number of ether oxygens (including phenoxy) is 3. The van der Waals surface area contributed by atoms with Gasteiger partial charge >= 0.3 is 0 Å². The fourth-order valence-corrected chi connectivity index (χ4v) is 5.05. The summed E-state index contributed by atoms with van der Waals surface area (Å²) in [6, 6.07) is 13.4. The molecule has 10 heteroatoms. The van der Waals surface area contributed by atoms with E-state index < -0.39 is 11.1 Å². The zero-order valence-corrected chi connectivity index (χ0v) is 21.6. The monoisotopic (exact) mass is 560 g/mol. The molecule has 8 nitrogen and oxygen atoms in total. The van der Waals surface area contributed by atoms with E-state index >= 15 is 0 Å². The number of carbonyl (C=O) groups excluding carboxylic acids is 3. The molecule has 3 amide bonds. The Morgan fingerprint density at radius 1 is 1.14 bits per heavy atom. The van der Waals surface area contributed by atoms with Crippen molar-refractivity contribution in [1.29, 1.82) is 0 Å². The van der Waals surface area contributed by atoms with Crippen LogP contribution in [0.15, 0.2) is 51.8 Å². The Morgan fingerprint density at radius 3 is 2.60 bits per heavy atom. The van der Waals surface area contributed by atoms with Crippen molar-refractivity contribution in [3.05, 3.63) is 63.0 Å². The van der Waals surface area contributed by atoms with Crippen LogP contribution in [0.5, 0.6) is 11.5 Å². The minimum atomic E-state index is -0.486. The number of rotatable bonds is 8.